The summed E-state index contributed by atoms with van der Waals surface area (Å²) in [5.41, 5.74) is 3.06. The van der Waals surface area contributed by atoms with Crippen molar-refractivity contribution in [2.24, 2.45) is 0 Å². The van der Waals surface area contributed by atoms with Gasteiger partial charge in [0.15, 0.2) is 5.11 Å². The lowest BCUT2D eigenvalue weighted by atomic mass is 10.0. The van der Waals surface area contributed by atoms with Gasteiger partial charge in [0, 0.05) is 22.3 Å². The molecule has 138 valence electrons. The van der Waals surface area contributed by atoms with E-state index in [2.05, 4.69) is 20.6 Å². The van der Waals surface area contributed by atoms with Crippen LogP contribution in [-0.2, 0) is 4.74 Å². The summed E-state index contributed by atoms with van der Waals surface area (Å²) in [4.78, 5) is 21.9. The van der Waals surface area contributed by atoms with E-state index in [1.807, 2.05) is 44.2 Å². The standard InChI is InChI=1S/C19H18N4O2S2/c1-11-9-10-20-18(21-11)23-19(26)22-16-15(17(24)25-3)14(12(2)27-16)13-7-5-4-6-8-13/h4-10H,1-3H3,(H2,20,21,22,23,26). The Morgan fingerprint density at radius 2 is 1.89 bits per heavy atom. The van der Waals surface area contributed by atoms with Gasteiger partial charge in [-0.25, -0.2) is 14.8 Å². The average molecular weight is 399 g/mol. The van der Waals surface area contributed by atoms with Crippen LogP contribution in [0.4, 0.5) is 10.9 Å². The van der Waals surface area contributed by atoms with E-state index >= 15 is 0 Å². The van der Waals surface area contributed by atoms with E-state index in [4.69, 9.17) is 17.0 Å². The van der Waals surface area contributed by atoms with Crippen LogP contribution in [-0.4, -0.2) is 28.2 Å². The zero-order chi connectivity index (χ0) is 19.4. The molecule has 0 aliphatic heterocycles. The molecule has 3 aromatic rings. The molecule has 8 heteroatoms. The maximum atomic E-state index is 12.5. The summed E-state index contributed by atoms with van der Waals surface area (Å²) >= 11 is 6.81. The van der Waals surface area contributed by atoms with Gasteiger partial charge in [0.25, 0.3) is 0 Å². The van der Waals surface area contributed by atoms with Crippen molar-refractivity contribution in [1.82, 2.24) is 9.97 Å². The molecule has 0 spiro atoms. The first-order chi connectivity index (χ1) is 13.0. The molecule has 2 aromatic heterocycles. The van der Waals surface area contributed by atoms with Gasteiger partial charge in [-0.05, 0) is 37.7 Å². The fourth-order valence-corrected chi connectivity index (χ4v) is 3.95. The van der Waals surface area contributed by atoms with Crippen molar-refractivity contribution in [3.8, 4) is 11.1 Å². The highest BCUT2D eigenvalue weighted by Gasteiger charge is 2.24. The smallest absolute Gasteiger partial charge is 0.341 e. The highest BCUT2D eigenvalue weighted by atomic mass is 32.1. The van der Waals surface area contributed by atoms with Gasteiger partial charge in [0.05, 0.1) is 7.11 Å². The monoisotopic (exact) mass is 398 g/mol. The number of nitrogens with zero attached hydrogens (tertiary/aromatic N) is 2. The topological polar surface area (TPSA) is 76.1 Å². The first kappa shape index (κ1) is 18.9. The Hall–Kier alpha value is -2.84. The molecular formula is C19H18N4O2S2. The Kier molecular flexibility index (Phi) is 5.78. The maximum Gasteiger partial charge on any atom is 0.341 e. The lowest BCUT2D eigenvalue weighted by Gasteiger charge is -2.10. The number of carbonyl (C=O) groups excluding carboxylic acids is 1. The number of thiocarbonyl (C=S) groups is 1. The Balaban J connectivity index is 1.93. The number of nitrogens with one attached hydrogen (secondary N) is 2. The zero-order valence-electron chi connectivity index (χ0n) is 15.1. The molecule has 1 aromatic carbocycles. The molecule has 6 nitrogen and oxygen atoms in total. The minimum absolute atomic E-state index is 0.298. The second-order valence-corrected chi connectivity index (χ2v) is 7.33. The summed E-state index contributed by atoms with van der Waals surface area (Å²) in [6.07, 6.45) is 1.65. The van der Waals surface area contributed by atoms with Gasteiger partial charge in [-0.15, -0.1) is 11.3 Å². The van der Waals surface area contributed by atoms with E-state index < -0.39 is 5.97 Å². The van der Waals surface area contributed by atoms with E-state index in [9.17, 15) is 4.79 Å². The van der Waals surface area contributed by atoms with Crippen LogP contribution in [0.5, 0.6) is 0 Å². The number of benzene rings is 1. The third-order valence-electron chi connectivity index (χ3n) is 3.78. The third kappa shape index (κ3) is 4.29. The number of methoxy groups -OCH3 is 1. The van der Waals surface area contributed by atoms with Crippen LogP contribution in [0, 0.1) is 13.8 Å². The molecule has 27 heavy (non-hydrogen) atoms. The number of rotatable bonds is 4. The molecule has 0 amide bonds. The maximum absolute atomic E-state index is 12.5. The number of hydrogen-bond acceptors (Lipinski definition) is 6. The van der Waals surface area contributed by atoms with Crippen molar-refractivity contribution in [1.29, 1.82) is 0 Å². The summed E-state index contributed by atoms with van der Waals surface area (Å²) in [7, 11) is 1.37. The van der Waals surface area contributed by atoms with Crippen molar-refractivity contribution in [3.63, 3.8) is 0 Å². The van der Waals surface area contributed by atoms with Crippen molar-refractivity contribution in [2.75, 3.05) is 17.7 Å². The third-order valence-corrected chi connectivity index (χ3v) is 5.01. The number of ether oxygens (including phenoxy) is 1. The highest BCUT2D eigenvalue weighted by Crippen LogP contribution is 2.40. The number of aryl methyl sites for hydroxylation is 2. The summed E-state index contributed by atoms with van der Waals surface area (Å²) < 4.78 is 5.01. The lowest BCUT2D eigenvalue weighted by molar-refractivity contribution is 0.0603. The minimum Gasteiger partial charge on any atom is -0.465 e. The number of thiophene rings is 1. The minimum atomic E-state index is -0.421. The molecule has 0 fully saturated rings. The molecule has 0 atom stereocenters. The van der Waals surface area contributed by atoms with Crippen LogP contribution in [0.25, 0.3) is 11.1 Å². The number of aromatic nitrogens is 2. The van der Waals surface area contributed by atoms with E-state index in [0.29, 0.717) is 21.6 Å². The quantitative estimate of drug-likeness (QED) is 0.498. The lowest BCUT2D eigenvalue weighted by Crippen LogP contribution is -2.21. The predicted octanol–water partition coefficient (Wildman–Crippen LogP) is 4.42. The van der Waals surface area contributed by atoms with E-state index in [1.54, 1.807) is 12.3 Å². The van der Waals surface area contributed by atoms with Crippen LogP contribution in [0.1, 0.15) is 20.9 Å². The summed E-state index contributed by atoms with van der Waals surface area (Å²) in [6.45, 7) is 3.83. The molecule has 0 saturated carbocycles. The zero-order valence-corrected chi connectivity index (χ0v) is 16.7. The number of carbonyl (C=O) groups is 1. The fraction of sp³-hybridized carbons (Fsp3) is 0.158. The molecule has 3 rings (SSSR count). The van der Waals surface area contributed by atoms with Gasteiger partial charge in [0.1, 0.15) is 10.6 Å². The first-order valence-electron chi connectivity index (χ1n) is 8.14. The SMILES string of the molecule is COC(=O)c1c(NC(=S)Nc2nccc(C)n2)sc(C)c1-c1ccccc1. The molecular weight excluding hydrogens is 380 g/mol. The van der Waals surface area contributed by atoms with Crippen LogP contribution < -0.4 is 10.6 Å². The van der Waals surface area contributed by atoms with Gasteiger partial charge >= 0.3 is 5.97 Å². The van der Waals surface area contributed by atoms with Crippen molar-refractivity contribution in [2.45, 2.75) is 13.8 Å². The van der Waals surface area contributed by atoms with Gasteiger partial charge in [-0.1, -0.05) is 30.3 Å². The summed E-state index contributed by atoms with van der Waals surface area (Å²) in [6, 6.07) is 11.5. The van der Waals surface area contributed by atoms with Gasteiger partial charge < -0.3 is 15.4 Å². The second-order valence-electron chi connectivity index (χ2n) is 5.70. The molecule has 0 unspecified atom stereocenters. The molecule has 2 N–H and O–H groups in total. The average Bonchev–Trinajstić information content (AvgIpc) is 2.97. The number of esters is 1. The number of anilines is 2. The molecule has 0 bridgehead atoms. The Labute approximate surface area is 166 Å². The van der Waals surface area contributed by atoms with E-state index in [1.165, 1.54) is 18.4 Å². The first-order valence-corrected chi connectivity index (χ1v) is 9.37. The molecule has 0 saturated heterocycles. The molecule has 0 aliphatic carbocycles. The Bertz CT molecular complexity index is 987. The van der Waals surface area contributed by atoms with Gasteiger partial charge in [0.2, 0.25) is 5.95 Å². The Morgan fingerprint density at radius 3 is 2.56 bits per heavy atom. The van der Waals surface area contributed by atoms with Crippen LogP contribution in [0.15, 0.2) is 42.6 Å². The van der Waals surface area contributed by atoms with Gasteiger partial charge in [-0.2, -0.15) is 0 Å². The van der Waals surface area contributed by atoms with Crippen LogP contribution in [0.3, 0.4) is 0 Å². The predicted molar refractivity (Wildman–Crippen MR) is 112 cm³/mol. The number of hydrogen-bond donors (Lipinski definition) is 2. The second kappa shape index (κ2) is 8.24. The fourth-order valence-electron chi connectivity index (χ4n) is 2.63. The van der Waals surface area contributed by atoms with Crippen molar-refractivity contribution in [3.05, 3.63) is 58.7 Å². The normalized spacial score (nSPS) is 10.3. The van der Waals surface area contributed by atoms with Crippen LogP contribution in [0.2, 0.25) is 0 Å². The molecule has 0 aliphatic rings. The van der Waals surface area contributed by atoms with Crippen LogP contribution >= 0.6 is 23.6 Å². The molecule has 2 heterocycles. The summed E-state index contributed by atoms with van der Waals surface area (Å²) in [5, 5.41) is 6.93. The van der Waals surface area contributed by atoms with Gasteiger partial charge in [-0.3, -0.25) is 0 Å². The molecule has 0 radical (unpaired) electrons. The van der Waals surface area contributed by atoms with Crippen molar-refractivity contribution >= 4 is 45.6 Å². The summed E-state index contributed by atoms with van der Waals surface area (Å²) in [5.74, 6) is -0.0287. The van der Waals surface area contributed by atoms with E-state index in [0.717, 1.165) is 21.7 Å². The Morgan fingerprint density at radius 1 is 1.15 bits per heavy atom. The highest BCUT2D eigenvalue weighted by molar-refractivity contribution is 7.80. The van der Waals surface area contributed by atoms with Crippen molar-refractivity contribution < 1.29 is 9.53 Å². The largest absolute Gasteiger partial charge is 0.465 e. The van der Waals surface area contributed by atoms with E-state index in [-0.39, 0.29) is 0 Å².